The van der Waals surface area contributed by atoms with Crippen molar-refractivity contribution in [3.8, 4) is 11.1 Å². The lowest BCUT2D eigenvalue weighted by Crippen LogP contribution is -2.53. The van der Waals surface area contributed by atoms with Gasteiger partial charge in [-0.3, -0.25) is 4.90 Å². The van der Waals surface area contributed by atoms with Gasteiger partial charge in [0.05, 0.1) is 6.10 Å². The van der Waals surface area contributed by atoms with Crippen LogP contribution in [-0.4, -0.2) is 53.5 Å². The zero-order chi connectivity index (χ0) is 20.7. The summed E-state index contributed by atoms with van der Waals surface area (Å²) in [7, 11) is 0. The number of benzene rings is 2. The Bertz CT molecular complexity index is 918. The lowest BCUT2D eigenvalue weighted by atomic mass is 9.98. The normalized spacial score (nSPS) is 21.0. The van der Waals surface area contributed by atoms with Gasteiger partial charge in [0.15, 0.2) is 6.04 Å². The number of carbonyl (C=O) groups excluding carboxylic acids is 1. The number of ether oxygens (including phenoxy) is 2. The molecule has 30 heavy (non-hydrogen) atoms. The van der Waals surface area contributed by atoms with Crippen LogP contribution in [0.3, 0.4) is 0 Å². The minimum Gasteiger partial charge on any atom is -0.480 e. The molecule has 2 unspecified atom stereocenters. The first-order valence-electron chi connectivity index (χ1n) is 10.6. The maximum atomic E-state index is 13.1. The van der Waals surface area contributed by atoms with Gasteiger partial charge in [0.2, 0.25) is 0 Å². The molecule has 0 bridgehead atoms. The zero-order valence-corrected chi connectivity index (χ0v) is 16.7. The summed E-state index contributed by atoms with van der Waals surface area (Å²) >= 11 is 0. The van der Waals surface area contributed by atoms with Crippen LogP contribution >= 0.6 is 0 Å². The van der Waals surface area contributed by atoms with Gasteiger partial charge in [0, 0.05) is 18.6 Å². The van der Waals surface area contributed by atoms with Crippen LogP contribution in [0.2, 0.25) is 0 Å². The smallest absolute Gasteiger partial charge is 0.410 e. The fourth-order valence-electron chi connectivity index (χ4n) is 4.82. The lowest BCUT2D eigenvalue weighted by molar-refractivity contribution is -0.148. The fourth-order valence-corrected chi connectivity index (χ4v) is 4.82. The summed E-state index contributed by atoms with van der Waals surface area (Å²) < 4.78 is 11.4. The molecule has 0 spiro atoms. The average molecular weight is 407 g/mol. The van der Waals surface area contributed by atoms with Crippen molar-refractivity contribution in [3.63, 3.8) is 0 Å². The first-order valence-corrected chi connectivity index (χ1v) is 10.6. The van der Waals surface area contributed by atoms with Crippen LogP contribution in [-0.2, 0) is 14.3 Å². The molecule has 2 aromatic rings. The molecular weight excluding hydrogens is 382 g/mol. The van der Waals surface area contributed by atoms with Crippen molar-refractivity contribution in [2.75, 3.05) is 13.2 Å². The molecule has 6 nitrogen and oxygen atoms in total. The molecule has 5 rings (SSSR count). The van der Waals surface area contributed by atoms with Crippen molar-refractivity contribution in [1.82, 2.24) is 4.90 Å². The van der Waals surface area contributed by atoms with Crippen molar-refractivity contribution in [2.24, 2.45) is 0 Å². The Kier molecular flexibility index (Phi) is 4.95. The van der Waals surface area contributed by atoms with Crippen LogP contribution in [0.15, 0.2) is 48.5 Å². The van der Waals surface area contributed by atoms with Gasteiger partial charge in [-0.2, -0.15) is 0 Å². The van der Waals surface area contributed by atoms with E-state index in [-0.39, 0.29) is 18.6 Å². The van der Waals surface area contributed by atoms with Crippen molar-refractivity contribution in [2.45, 2.75) is 49.8 Å². The monoisotopic (exact) mass is 407 g/mol. The summed E-state index contributed by atoms with van der Waals surface area (Å²) in [5, 5.41) is 9.84. The molecule has 2 aliphatic carbocycles. The summed E-state index contributed by atoms with van der Waals surface area (Å²) in [6.07, 6.45) is 2.06. The van der Waals surface area contributed by atoms with Crippen molar-refractivity contribution in [1.29, 1.82) is 0 Å². The molecule has 1 amide bonds. The summed E-state index contributed by atoms with van der Waals surface area (Å²) in [4.78, 5) is 26.5. The van der Waals surface area contributed by atoms with E-state index in [1.54, 1.807) is 0 Å². The number of rotatable bonds is 6. The third-order valence-corrected chi connectivity index (χ3v) is 6.36. The lowest BCUT2D eigenvalue weighted by Gasteiger charge is -2.32. The highest BCUT2D eigenvalue weighted by Gasteiger charge is 2.46. The standard InChI is InChI=1S/C24H25NO5/c26-23(27)22(21-10-5-13-29-21)25(15-11-12-15)24(28)30-14-20-18-8-3-1-6-16(18)17-7-2-4-9-19(17)20/h1-4,6-9,15,20-22H,5,10-14H2,(H,26,27). The maximum Gasteiger partial charge on any atom is 0.410 e. The Morgan fingerprint density at radius 3 is 2.20 bits per heavy atom. The van der Waals surface area contributed by atoms with E-state index in [9.17, 15) is 14.7 Å². The number of amides is 1. The summed E-state index contributed by atoms with van der Waals surface area (Å²) in [6, 6.07) is 15.3. The number of carbonyl (C=O) groups is 2. The quantitative estimate of drug-likeness (QED) is 0.782. The van der Waals surface area contributed by atoms with Crippen molar-refractivity contribution in [3.05, 3.63) is 59.7 Å². The van der Waals surface area contributed by atoms with Crippen LogP contribution in [0, 0.1) is 0 Å². The SMILES string of the molecule is O=C(O)C(C1CCCO1)N(C(=O)OCC1c2ccccc2-c2ccccc21)C1CC1. The van der Waals surface area contributed by atoms with Gasteiger partial charge in [0.25, 0.3) is 0 Å². The highest BCUT2D eigenvalue weighted by Crippen LogP contribution is 2.44. The number of fused-ring (bicyclic) bond motifs is 3. The van der Waals surface area contributed by atoms with Crippen LogP contribution in [0.25, 0.3) is 11.1 Å². The van der Waals surface area contributed by atoms with E-state index in [1.807, 2.05) is 24.3 Å². The second-order valence-electron chi connectivity index (χ2n) is 8.28. The highest BCUT2D eigenvalue weighted by atomic mass is 16.6. The topological polar surface area (TPSA) is 76.1 Å². The molecule has 2 atom stereocenters. The number of hydrogen-bond donors (Lipinski definition) is 1. The predicted octanol–water partition coefficient (Wildman–Crippen LogP) is 4.03. The molecule has 3 aliphatic rings. The van der Waals surface area contributed by atoms with Gasteiger partial charge in [-0.25, -0.2) is 9.59 Å². The maximum absolute atomic E-state index is 13.1. The molecule has 0 radical (unpaired) electrons. The van der Waals surface area contributed by atoms with Gasteiger partial charge in [-0.1, -0.05) is 48.5 Å². The van der Waals surface area contributed by atoms with E-state index in [0.717, 1.165) is 41.5 Å². The fraction of sp³-hybridized carbons (Fsp3) is 0.417. The molecule has 6 heteroatoms. The molecule has 156 valence electrons. The van der Waals surface area contributed by atoms with Crippen LogP contribution in [0.1, 0.15) is 42.7 Å². The summed E-state index contributed by atoms with van der Waals surface area (Å²) in [5.74, 6) is -1.07. The number of carboxylic acids is 1. The van der Waals surface area contributed by atoms with E-state index in [2.05, 4.69) is 24.3 Å². The van der Waals surface area contributed by atoms with Gasteiger partial charge >= 0.3 is 12.1 Å². The number of aliphatic carboxylic acids is 1. The van der Waals surface area contributed by atoms with Gasteiger partial charge in [0.1, 0.15) is 6.61 Å². The molecule has 1 N–H and O–H groups in total. The molecule has 2 aromatic carbocycles. The second-order valence-corrected chi connectivity index (χ2v) is 8.28. The number of carboxylic acid groups (broad SMARTS) is 1. The molecule has 1 saturated heterocycles. The first-order chi connectivity index (χ1) is 14.6. The van der Waals surface area contributed by atoms with Crippen molar-refractivity contribution >= 4 is 12.1 Å². The van der Waals surface area contributed by atoms with E-state index in [1.165, 1.54) is 4.90 Å². The van der Waals surface area contributed by atoms with Gasteiger partial charge in [-0.15, -0.1) is 0 Å². The Morgan fingerprint density at radius 2 is 1.67 bits per heavy atom. The molecule has 1 saturated carbocycles. The van der Waals surface area contributed by atoms with Crippen molar-refractivity contribution < 1.29 is 24.2 Å². The minimum absolute atomic E-state index is 0.0478. The van der Waals surface area contributed by atoms with Crippen LogP contribution in [0.5, 0.6) is 0 Å². The third kappa shape index (κ3) is 3.35. The van der Waals surface area contributed by atoms with Crippen LogP contribution in [0.4, 0.5) is 4.79 Å². The molecule has 1 heterocycles. The Labute approximate surface area is 175 Å². The Morgan fingerprint density at radius 1 is 1.03 bits per heavy atom. The van der Waals surface area contributed by atoms with E-state index in [4.69, 9.17) is 9.47 Å². The summed E-state index contributed by atoms with van der Waals surface area (Å²) in [6.45, 7) is 0.728. The highest BCUT2D eigenvalue weighted by molar-refractivity contribution is 5.82. The average Bonchev–Trinajstić information content (AvgIpc) is 3.34. The second kappa shape index (κ2) is 7.76. The Hall–Kier alpha value is -2.86. The van der Waals surface area contributed by atoms with E-state index < -0.39 is 24.2 Å². The van der Waals surface area contributed by atoms with E-state index in [0.29, 0.717) is 13.0 Å². The molecule has 1 aliphatic heterocycles. The van der Waals surface area contributed by atoms with Crippen LogP contribution < -0.4 is 0 Å². The third-order valence-electron chi connectivity index (χ3n) is 6.36. The summed E-state index contributed by atoms with van der Waals surface area (Å²) in [5.41, 5.74) is 4.60. The van der Waals surface area contributed by atoms with Gasteiger partial charge < -0.3 is 14.6 Å². The van der Waals surface area contributed by atoms with E-state index >= 15 is 0 Å². The van der Waals surface area contributed by atoms with Gasteiger partial charge in [-0.05, 0) is 47.9 Å². The Balaban J connectivity index is 1.36. The zero-order valence-electron chi connectivity index (χ0n) is 16.7. The predicted molar refractivity (Wildman–Crippen MR) is 110 cm³/mol. The molecular formula is C24H25NO5. The number of nitrogens with zero attached hydrogens (tertiary/aromatic N) is 1. The number of hydrogen-bond acceptors (Lipinski definition) is 4. The first kappa shape index (κ1) is 19.1. The molecule has 2 fully saturated rings. The minimum atomic E-state index is -1.03. The molecule has 0 aromatic heterocycles. The largest absolute Gasteiger partial charge is 0.480 e.